The van der Waals surface area contributed by atoms with Crippen LogP contribution in [0.1, 0.15) is 32.4 Å². The van der Waals surface area contributed by atoms with E-state index in [0.717, 1.165) is 5.56 Å². The molecule has 2 nitrogen and oxygen atoms in total. The molecule has 90 valence electrons. The summed E-state index contributed by atoms with van der Waals surface area (Å²) in [7, 11) is 1.85. The average molecular weight is 225 g/mol. The molecule has 0 bridgehead atoms. The van der Waals surface area contributed by atoms with E-state index in [1.165, 1.54) is 12.1 Å². The maximum Gasteiger partial charge on any atom is 0.123 e. The molecule has 0 aliphatic rings. The number of hydrogen-bond donors (Lipinski definition) is 1. The van der Waals surface area contributed by atoms with Crippen LogP contribution in [0.4, 0.5) is 4.39 Å². The van der Waals surface area contributed by atoms with E-state index in [0.29, 0.717) is 6.61 Å². The Balaban J connectivity index is 2.68. The summed E-state index contributed by atoms with van der Waals surface area (Å²) >= 11 is 0. The highest BCUT2D eigenvalue weighted by Crippen LogP contribution is 2.17. The second-order valence-electron chi connectivity index (χ2n) is 4.82. The number of benzene rings is 1. The molecule has 0 radical (unpaired) electrons. The van der Waals surface area contributed by atoms with Crippen LogP contribution < -0.4 is 5.32 Å². The molecule has 1 aromatic rings. The van der Waals surface area contributed by atoms with Crippen molar-refractivity contribution in [2.24, 2.45) is 0 Å². The number of ether oxygens (including phenoxy) is 1. The maximum atomic E-state index is 13.1. The monoisotopic (exact) mass is 225 g/mol. The Bertz CT molecular complexity index is 333. The summed E-state index contributed by atoms with van der Waals surface area (Å²) < 4.78 is 18.8. The minimum Gasteiger partial charge on any atom is -0.374 e. The number of likely N-dealkylation sites (N-methyl/N-ethyl adjacent to an activating group) is 1. The van der Waals surface area contributed by atoms with E-state index in [9.17, 15) is 4.39 Å². The highest BCUT2D eigenvalue weighted by molar-refractivity contribution is 5.20. The molecule has 1 rings (SSSR count). The first-order valence-corrected chi connectivity index (χ1v) is 5.49. The predicted octanol–water partition coefficient (Wildman–Crippen LogP) is 2.90. The van der Waals surface area contributed by atoms with Gasteiger partial charge in [0.1, 0.15) is 5.82 Å². The van der Waals surface area contributed by atoms with Crippen molar-refractivity contribution < 1.29 is 9.13 Å². The van der Waals surface area contributed by atoms with Crippen molar-refractivity contribution in [1.29, 1.82) is 0 Å². The predicted molar refractivity (Wildman–Crippen MR) is 63.9 cm³/mol. The van der Waals surface area contributed by atoms with Crippen LogP contribution in [0.25, 0.3) is 0 Å². The summed E-state index contributed by atoms with van der Waals surface area (Å²) in [5.74, 6) is -0.214. The van der Waals surface area contributed by atoms with E-state index in [1.54, 1.807) is 6.07 Å². The van der Waals surface area contributed by atoms with Crippen molar-refractivity contribution in [3.05, 3.63) is 35.6 Å². The summed E-state index contributed by atoms with van der Waals surface area (Å²) in [6.07, 6.45) is 0. The van der Waals surface area contributed by atoms with Gasteiger partial charge in [-0.05, 0) is 45.5 Å². The summed E-state index contributed by atoms with van der Waals surface area (Å²) in [5, 5.41) is 3.13. The van der Waals surface area contributed by atoms with Gasteiger partial charge in [-0.1, -0.05) is 12.1 Å². The Labute approximate surface area is 96.8 Å². The van der Waals surface area contributed by atoms with E-state index in [-0.39, 0.29) is 17.5 Å². The molecule has 0 saturated heterocycles. The third kappa shape index (κ3) is 4.29. The Morgan fingerprint density at radius 1 is 1.38 bits per heavy atom. The van der Waals surface area contributed by atoms with Crippen LogP contribution in [0.3, 0.4) is 0 Å². The van der Waals surface area contributed by atoms with Crippen LogP contribution in [0.5, 0.6) is 0 Å². The van der Waals surface area contributed by atoms with Gasteiger partial charge in [-0.15, -0.1) is 0 Å². The first-order chi connectivity index (χ1) is 7.42. The normalized spacial score (nSPS) is 13.8. The molecule has 0 aliphatic carbocycles. The fourth-order valence-corrected chi connectivity index (χ4v) is 1.40. The van der Waals surface area contributed by atoms with E-state index in [1.807, 2.05) is 33.9 Å². The quantitative estimate of drug-likeness (QED) is 0.850. The van der Waals surface area contributed by atoms with Crippen LogP contribution in [-0.4, -0.2) is 19.3 Å². The van der Waals surface area contributed by atoms with Gasteiger partial charge in [-0.25, -0.2) is 4.39 Å². The topological polar surface area (TPSA) is 21.3 Å². The molecule has 16 heavy (non-hydrogen) atoms. The summed E-state index contributed by atoms with van der Waals surface area (Å²) in [6.45, 7) is 6.55. The zero-order chi connectivity index (χ0) is 12.2. The average Bonchev–Trinajstić information content (AvgIpc) is 2.17. The van der Waals surface area contributed by atoms with Crippen molar-refractivity contribution in [3.8, 4) is 0 Å². The van der Waals surface area contributed by atoms with Gasteiger partial charge in [0, 0.05) is 0 Å². The van der Waals surface area contributed by atoms with Crippen LogP contribution >= 0.6 is 0 Å². The molecule has 0 amide bonds. The fraction of sp³-hybridized carbons (Fsp3) is 0.538. The molecule has 1 atom stereocenters. The largest absolute Gasteiger partial charge is 0.374 e. The highest BCUT2D eigenvalue weighted by atomic mass is 19.1. The van der Waals surface area contributed by atoms with Gasteiger partial charge in [-0.3, -0.25) is 0 Å². The van der Waals surface area contributed by atoms with Crippen molar-refractivity contribution in [1.82, 2.24) is 5.32 Å². The molecule has 1 unspecified atom stereocenters. The molecule has 0 aromatic heterocycles. The second kappa shape index (κ2) is 5.41. The van der Waals surface area contributed by atoms with Crippen molar-refractivity contribution in [2.45, 2.75) is 32.4 Å². The van der Waals surface area contributed by atoms with Crippen LogP contribution in [-0.2, 0) is 4.74 Å². The Morgan fingerprint density at radius 3 is 2.56 bits per heavy atom. The number of halogens is 1. The SMILES string of the molecule is CNC(COC(C)(C)C)c1cccc(F)c1. The smallest absolute Gasteiger partial charge is 0.123 e. The van der Waals surface area contributed by atoms with E-state index in [2.05, 4.69) is 5.32 Å². The van der Waals surface area contributed by atoms with Gasteiger partial charge < -0.3 is 10.1 Å². The van der Waals surface area contributed by atoms with Crippen molar-refractivity contribution >= 4 is 0 Å². The molecular formula is C13H20FNO. The third-order valence-corrected chi connectivity index (χ3v) is 2.28. The zero-order valence-corrected chi connectivity index (χ0v) is 10.4. The fourth-order valence-electron chi connectivity index (χ4n) is 1.40. The Morgan fingerprint density at radius 2 is 2.06 bits per heavy atom. The maximum absolute atomic E-state index is 13.1. The molecule has 1 N–H and O–H groups in total. The van der Waals surface area contributed by atoms with Crippen LogP contribution in [0, 0.1) is 5.82 Å². The van der Waals surface area contributed by atoms with Crippen molar-refractivity contribution in [2.75, 3.05) is 13.7 Å². The molecule has 0 saturated carbocycles. The lowest BCUT2D eigenvalue weighted by Crippen LogP contribution is -2.28. The molecule has 0 aliphatic heterocycles. The summed E-state index contributed by atoms with van der Waals surface area (Å²) in [6, 6.07) is 6.62. The van der Waals surface area contributed by atoms with Gasteiger partial charge in [0.05, 0.1) is 18.2 Å². The Kier molecular flexibility index (Phi) is 4.44. The van der Waals surface area contributed by atoms with Gasteiger partial charge in [0.2, 0.25) is 0 Å². The van der Waals surface area contributed by atoms with Crippen LogP contribution in [0.15, 0.2) is 24.3 Å². The third-order valence-electron chi connectivity index (χ3n) is 2.28. The number of rotatable bonds is 4. The molecule has 0 fully saturated rings. The minimum atomic E-state index is -0.214. The van der Waals surface area contributed by atoms with E-state index in [4.69, 9.17) is 4.74 Å². The van der Waals surface area contributed by atoms with Crippen LogP contribution in [0.2, 0.25) is 0 Å². The molecule has 3 heteroatoms. The molecule has 0 heterocycles. The lowest BCUT2D eigenvalue weighted by atomic mass is 10.1. The second-order valence-corrected chi connectivity index (χ2v) is 4.82. The zero-order valence-electron chi connectivity index (χ0n) is 10.4. The van der Waals surface area contributed by atoms with E-state index >= 15 is 0 Å². The molecule has 0 spiro atoms. The summed E-state index contributed by atoms with van der Waals surface area (Å²) in [5.41, 5.74) is 0.731. The number of nitrogens with one attached hydrogen (secondary N) is 1. The lowest BCUT2D eigenvalue weighted by Gasteiger charge is -2.24. The molecule has 1 aromatic carbocycles. The number of hydrogen-bond acceptors (Lipinski definition) is 2. The van der Waals surface area contributed by atoms with E-state index < -0.39 is 0 Å². The van der Waals surface area contributed by atoms with Gasteiger partial charge in [-0.2, -0.15) is 0 Å². The molecular weight excluding hydrogens is 205 g/mol. The van der Waals surface area contributed by atoms with Crippen molar-refractivity contribution in [3.63, 3.8) is 0 Å². The lowest BCUT2D eigenvalue weighted by molar-refractivity contribution is -0.0139. The van der Waals surface area contributed by atoms with Gasteiger partial charge in [0.15, 0.2) is 0 Å². The van der Waals surface area contributed by atoms with Gasteiger partial charge >= 0.3 is 0 Å². The highest BCUT2D eigenvalue weighted by Gasteiger charge is 2.15. The standard InChI is InChI=1S/C13H20FNO/c1-13(2,3)16-9-12(15-4)10-6-5-7-11(14)8-10/h5-8,12,15H,9H2,1-4H3. The first-order valence-electron chi connectivity index (χ1n) is 5.49. The summed E-state index contributed by atoms with van der Waals surface area (Å²) in [4.78, 5) is 0. The Hall–Kier alpha value is -0.930. The first kappa shape index (κ1) is 13.1. The van der Waals surface area contributed by atoms with Gasteiger partial charge in [0.25, 0.3) is 0 Å². The minimum absolute atomic E-state index is 0.0231.